The van der Waals surface area contributed by atoms with Crippen molar-refractivity contribution < 1.29 is 131 Å². The summed E-state index contributed by atoms with van der Waals surface area (Å²) in [6.45, 7) is 0.272. The molecular weight excluding hydrogens is 1530 g/mol. The molecule has 0 spiro atoms. The van der Waals surface area contributed by atoms with Crippen LogP contribution < -0.4 is 91.2 Å². The number of anilines is 2. The third kappa shape index (κ3) is 31.3. The molecule has 24 N–H and O–H groups in total. The largest absolute Gasteiger partial charge is 0.481 e. The first kappa shape index (κ1) is 93.2. The van der Waals surface area contributed by atoms with Gasteiger partial charge in [0.2, 0.25) is 76.8 Å². The number of esters is 1. The topological polar surface area (TPSA) is 699 Å². The van der Waals surface area contributed by atoms with Crippen molar-refractivity contribution in [3.63, 3.8) is 0 Å². The highest BCUT2D eigenvalue weighted by atomic mass is 16.6. The molecule has 0 saturated carbocycles. The van der Waals surface area contributed by atoms with Gasteiger partial charge in [-0.05, 0) is 87.3 Å². The Morgan fingerprint density at radius 1 is 0.569 bits per heavy atom. The van der Waals surface area contributed by atoms with Crippen molar-refractivity contribution in [3.05, 3.63) is 95.6 Å². The van der Waals surface area contributed by atoms with E-state index in [2.05, 4.69) is 58.1 Å². The standard InChI is InChI=1S/C72H95N17O27/c1-35(24-55(95)96)59-70(112)86-49(26-51(91)41-14-7-8-15-42(41)73)71(113)116-37(3)60(88-67(109)48(30-58(101)102)85-66(108)45(27-52(75)92)83-62(104)43(74)25-38-17-19-40(20-18-38)89-22-9-10-23-89)69(111)78-32-53(93)80-44(16-11-21-76-72(114)115-34-39-12-5-4-6-13-39)64(106)84-47(29-57(99)100)65(107)79-36(2)61(103)82-46(28-56(97)98)63(105)77-31-54(94)81-50(33-90)68(110)87-59/h4-8,12-15,17-20,35-37,43-50,59-60,90H,9-11,16,21-34,73-74H2,1-3H3,(H2,75,92)(H,76,114)(H,77,105)(H,78,111)(H,79,107)(H,80,93)(H,81,94)(H,82,103)(H,83,104)(H,84,106)(H,85,108)(H,86,112)(H,87,110)(H,88,109)(H,95,96)(H,97,98)(H,99,100)(H,101,102)/t35-,36-,37-,43+,44+,45-,46+,47+,48+,49+,50-,59+,60+/m1/s1. The number of Topliss-reactive ketones (excluding diaryl/α,β-unsaturated/α-hetero) is 1. The monoisotopic (exact) mass is 1630 g/mol. The summed E-state index contributed by atoms with van der Waals surface area (Å²) in [5.41, 5.74) is 19.4. The number of amides is 14. The van der Waals surface area contributed by atoms with Crippen LogP contribution in [0, 0.1) is 5.92 Å². The number of hydrogen-bond donors (Lipinski definition) is 21. The molecule has 44 heteroatoms. The number of alkyl carbamates (subject to hydrolysis) is 1. The number of carboxylic acids is 4. The van der Waals surface area contributed by atoms with Gasteiger partial charge in [0.15, 0.2) is 5.78 Å². The molecule has 44 nitrogen and oxygen atoms in total. The molecule has 2 heterocycles. The molecule has 2 fully saturated rings. The van der Waals surface area contributed by atoms with E-state index in [0.29, 0.717) is 11.1 Å². The number of primary amides is 1. The molecule has 0 bridgehead atoms. The van der Waals surface area contributed by atoms with Gasteiger partial charge in [0.25, 0.3) is 0 Å². The van der Waals surface area contributed by atoms with Gasteiger partial charge in [0.05, 0.1) is 57.8 Å². The molecule has 630 valence electrons. The number of nitrogens with two attached hydrogens (primary N) is 3. The van der Waals surface area contributed by atoms with Gasteiger partial charge in [0, 0.05) is 43.0 Å². The summed E-state index contributed by atoms with van der Waals surface area (Å²) in [4.78, 5) is 274. The van der Waals surface area contributed by atoms with E-state index in [9.17, 15) is 121 Å². The zero-order valence-corrected chi connectivity index (χ0v) is 63.1. The van der Waals surface area contributed by atoms with E-state index in [4.69, 9.17) is 26.7 Å². The molecule has 14 amide bonds. The normalized spacial score (nSPS) is 21.7. The fourth-order valence-corrected chi connectivity index (χ4v) is 11.6. The number of carboxylic acid groups (broad SMARTS) is 4. The van der Waals surface area contributed by atoms with Crippen LogP contribution in [-0.4, -0.2) is 256 Å². The average molecular weight is 1630 g/mol. The Bertz CT molecular complexity index is 4110. The summed E-state index contributed by atoms with van der Waals surface area (Å²) in [5.74, 6) is -29.4. The van der Waals surface area contributed by atoms with Crippen molar-refractivity contribution in [3.8, 4) is 0 Å². The molecule has 2 saturated heterocycles. The van der Waals surface area contributed by atoms with Crippen molar-refractivity contribution in [1.29, 1.82) is 0 Å². The Balaban J connectivity index is 1.60. The predicted molar refractivity (Wildman–Crippen MR) is 399 cm³/mol. The number of nitrogens with one attached hydrogen (secondary N) is 13. The molecule has 3 aromatic rings. The van der Waals surface area contributed by atoms with E-state index in [1.54, 1.807) is 42.5 Å². The number of nitrogens with zero attached hydrogens (tertiary/aromatic N) is 1. The third-order valence-corrected chi connectivity index (χ3v) is 17.8. The molecule has 0 unspecified atom stereocenters. The molecule has 0 radical (unpaired) electrons. The number of carbonyl (C=O) groups excluding carboxylic acids is 16. The second kappa shape index (κ2) is 45.9. The zero-order valence-electron chi connectivity index (χ0n) is 63.1. The second-order valence-corrected chi connectivity index (χ2v) is 27.1. The van der Waals surface area contributed by atoms with Crippen LogP contribution in [0.15, 0.2) is 78.9 Å². The Morgan fingerprint density at radius 2 is 1.11 bits per heavy atom. The first-order chi connectivity index (χ1) is 54.8. The minimum atomic E-state index is -2.46. The predicted octanol–water partition coefficient (Wildman–Crippen LogP) is -6.83. The summed E-state index contributed by atoms with van der Waals surface area (Å²) in [6, 6.07) is -2.20. The van der Waals surface area contributed by atoms with Crippen LogP contribution in [0.1, 0.15) is 106 Å². The number of para-hydroxylation sites is 1. The SMILES string of the molecule is C[C@H](CC(=O)O)[C@@H]1NC(=O)[C@@H](CO)NC(=O)CNC(=O)[C@H](CC(=O)O)NC(=O)[C@@H](C)NC(=O)[C@H](CC(=O)O)NC(=O)[C@H](CCCNC(=O)OCc2ccccc2)NC(=O)CNC(=O)[C@@H](NC(=O)[C@H](CC(=O)O)NC(=O)[C@@H](CC(N)=O)NC(=O)[C@@H](N)Cc2ccc(N3CCCC3)cc2)[C@@H](C)OC(=O)[C@H](CC(=O)c2ccccc2N)NC1=O. The molecule has 0 aliphatic carbocycles. The van der Waals surface area contributed by atoms with Gasteiger partial charge in [-0.2, -0.15) is 0 Å². The van der Waals surface area contributed by atoms with E-state index >= 15 is 0 Å². The second-order valence-electron chi connectivity index (χ2n) is 27.1. The van der Waals surface area contributed by atoms with E-state index in [1.807, 2.05) is 28.1 Å². The summed E-state index contributed by atoms with van der Waals surface area (Å²) < 4.78 is 10.9. The minimum absolute atomic E-state index is 0.119. The lowest BCUT2D eigenvalue weighted by Crippen LogP contribution is -2.61. The maximum absolute atomic E-state index is 14.8. The Kier molecular flexibility index (Phi) is 36.9. The number of carbonyl (C=O) groups is 20. The number of aliphatic hydroxyl groups excluding tert-OH is 1. The van der Waals surface area contributed by atoms with Crippen molar-refractivity contribution in [2.45, 2.75) is 171 Å². The molecule has 0 aromatic heterocycles. The lowest BCUT2D eigenvalue weighted by Gasteiger charge is -2.30. The van der Waals surface area contributed by atoms with Crippen LogP contribution in [0.4, 0.5) is 16.2 Å². The number of aliphatic carboxylic acids is 4. The summed E-state index contributed by atoms with van der Waals surface area (Å²) in [7, 11) is 0. The van der Waals surface area contributed by atoms with Crippen LogP contribution in [0.3, 0.4) is 0 Å². The van der Waals surface area contributed by atoms with Crippen LogP contribution in [0.5, 0.6) is 0 Å². The van der Waals surface area contributed by atoms with Gasteiger partial charge >= 0.3 is 35.9 Å². The summed E-state index contributed by atoms with van der Waals surface area (Å²) >= 11 is 0. The molecule has 13 atom stereocenters. The van der Waals surface area contributed by atoms with E-state index in [1.165, 1.54) is 24.3 Å². The Hall–Kier alpha value is -13.4. The fraction of sp³-hybridized carbons (Fsp3) is 0.472. The third-order valence-electron chi connectivity index (χ3n) is 17.8. The number of hydrogen-bond acceptors (Lipinski definition) is 26. The quantitative estimate of drug-likeness (QED) is 0.0128. The molecule has 116 heavy (non-hydrogen) atoms. The fourth-order valence-electron chi connectivity index (χ4n) is 11.6. The van der Waals surface area contributed by atoms with Gasteiger partial charge in [-0.1, -0.05) is 61.5 Å². The van der Waals surface area contributed by atoms with Crippen molar-refractivity contribution in [2.24, 2.45) is 17.4 Å². The smallest absolute Gasteiger partial charge is 0.407 e. The Labute approximate surface area is 661 Å². The first-order valence-corrected chi connectivity index (χ1v) is 36.3. The zero-order chi connectivity index (χ0) is 86.0. The highest BCUT2D eigenvalue weighted by Gasteiger charge is 2.41. The lowest BCUT2D eigenvalue weighted by atomic mass is 9.96. The Morgan fingerprint density at radius 3 is 1.71 bits per heavy atom. The van der Waals surface area contributed by atoms with E-state index in [-0.39, 0.29) is 37.2 Å². The van der Waals surface area contributed by atoms with Crippen LogP contribution in [0.2, 0.25) is 0 Å². The van der Waals surface area contributed by atoms with Crippen LogP contribution >= 0.6 is 0 Å². The van der Waals surface area contributed by atoms with Crippen molar-refractivity contribution in [2.75, 3.05) is 50.0 Å². The van der Waals surface area contributed by atoms with E-state index < -0.39 is 262 Å². The lowest BCUT2D eigenvalue weighted by molar-refractivity contribution is -0.156. The van der Waals surface area contributed by atoms with Crippen LogP contribution in [0.25, 0.3) is 0 Å². The number of aliphatic hydroxyl groups is 1. The van der Waals surface area contributed by atoms with Gasteiger partial charge < -0.3 is 126 Å². The first-order valence-electron chi connectivity index (χ1n) is 36.3. The molecule has 2 aliphatic heterocycles. The van der Waals surface area contributed by atoms with Gasteiger partial charge in [-0.3, -0.25) is 86.3 Å². The minimum Gasteiger partial charge on any atom is -0.481 e. The summed E-state index contributed by atoms with van der Waals surface area (Å²) in [6.07, 6.45) is -9.11. The molecular formula is C72H95N17O27. The highest BCUT2D eigenvalue weighted by molar-refractivity contribution is 6.05. The van der Waals surface area contributed by atoms with Crippen molar-refractivity contribution >= 4 is 130 Å². The van der Waals surface area contributed by atoms with Crippen LogP contribution in [-0.2, 0) is 109 Å². The van der Waals surface area contributed by atoms with Crippen molar-refractivity contribution in [1.82, 2.24) is 69.1 Å². The number of nitrogen functional groups attached to an aromatic ring is 1. The van der Waals surface area contributed by atoms with E-state index in [0.717, 1.165) is 52.4 Å². The molecule has 3 aromatic carbocycles. The number of ether oxygens (including phenoxy) is 2. The van der Waals surface area contributed by atoms with Gasteiger partial charge in [-0.25, -0.2) is 9.59 Å². The van der Waals surface area contributed by atoms with Gasteiger partial charge in [-0.15, -0.1) is 0 Å². The van der Waals surface area contributed by atoms with Gasteiger partial charge in [0.1, 0.15) is 73.1 Å². The molecule has 2 aliphatic rings. The summed E-state index contributed by atoms with van der Waals surface area (Å²) in [5, 5.41) is 77.7. The highest BCUT2D eigenvalue weighted by Crippen LogP contribution is 2.22. The molecule has 5 rings (SSSR count). The number of rotatable bonds is 30. The average Bonchev–Trinajstić information content (AvgIpc) is 0.976. The number of ketones is 1. The number of benzene rings is 3. The maximum Gasteiger partial charge on any atom is 0.407 e. The number of cyclic esters (lactones) is 1. The maximum atomic E-state index is 14.8.